The number of para-hydroxylation sites is 1. The van der Waals surface area contributed by atoms with Crippen molar-refractivity contribution in [3.63, 3.8) is 0 Å². The zero-order chi connectivity index (χ0) is 28.0. The molecule has 0 spiro atoms. The van der Waals surface area contributed by atoms with Gasteiger partial charge in [-0.1, -0.05) is 19.1 Å². The van der Waals surface area contributed by atoms with Crippen LogP contribution in [0, 0.1) is 5.92 Å². The summed E-state index contributed by atoms with van der Waals surface area (Å²) in [5.41, 5.74) is 3.60. The Hall–Kier alpha value is -3.35. The van der Waals surface area contributed by atoms with Crippen molar-refractivity contribution < 1.29 is 37.0 Å². The van der Waals surface area contributed by atoms with Crippen molar-refractivity contribution in [3.8, 4) is 5.75 Å². The zero-order valence-electron chi connectivity index (χ0n) is 20.7. The van der Waals surface area contributed by atoms with Crippen molar-refractivity contribution >= 4 is 39.7 Å². The first-order valence-corrected chi connectivity index (χ1v) is 11.9. The van der Waals surface area contributed by atoms with Crippen molar-refractivity contribution in [2.75, 3.05) is 11.9 Å². The minimum absolute atomic E-state index is 0.00703. The fourth-order valence-electron chi connectivity index (χ4n) is 3.03. The van der Waals surface area contributed by atoms with Crippen LogP contribution >= 0.6 is 15.9 Å². The Kier molecular flexibility index (Phi) is 9.90. The first-order valence-electron chi connectivity index (χ1n) is 11.1. The van der Waals surface area contributed by atoms with Gasteiger partial charge in [-0.2, -0.15) is 13.2 Å². The van der Waals surface area contributed by atoms with Gasteiger partial charge in [0.25, 0.3) is 5.91 Å². The molecule has 0 bridgehead atoms. The lowest BCUT2D eigenvalue weighted by molar-refractivity contribution is -0.139. The van der Waals surface area contributed by atoms with E-state index in [1.807, 2.05) is 0 Å². The zero-order valence-corrected chi connectivity index (χ0v) is 22.2. The van der Waals surface area contributed by atoms with E-state index in [1.54, 1.807) is 27.7 Å². The summed E-state index contributed by atoms with van der Waals surface area (Å²) in [6, 6.07) is 4.87. The number of benzene rings is 1. The minimum atomic E-state index is -4.71. The van der Waals surface area contributed by atoms with Gasteiger partial charge >= 0.3 is 12.3 Å². The molecule has 3 amide bonds. The van der Waals surface area contributed by atoms with Gasteiger partial charge in [-0.25, -0.2) is 9.78 Å². The molecule has 9 nitrogen and oxygen atoms in total. The van der Waals surface area contributed by atoms with Gasteiger partial charge in [0.1, 0.15) is 17.2 Å². The quantitative estimate of drug-likeness (QED) is 0.376. The molecule has 0 aliphatic rings. The van der Waals surface area contributed by atoms with E-state index >= 15 is 0 Å². The molecule has 0 fully saturated rings. The maximum absolute atomic E-state index is 13.6. The average molecular weight is 589 g/mol. The monoisotopic (exact) mass is 588 g/mol. The molecule has 0 radical (unpaired) electrons. The van der Waals surface area contributed by atoms with Gasteiger partial charge in [0.05, 0.1) is 17.7 Å². The minimum Gasteiger partial charge on any atom is -0.493 e. The Labute approximate surface area is 220 Å². The van der Waals surface area contributed by atoms with Crippen LogP contribution in [-0.2, 0) is 22.3 Å². The van der Waals surface area contributed by atoms with Crippen LogP contribution in [-0.4, -0.2) is 35.1 Å². The lowest BCUT2D eigenvalue weighted by atomic mass is 10.1. The molecule has 2 aromatic rings. The molecule has 1 aromatic heterocycles. The summed E-state index contributed by atoms with van der Waals surface area (Å²) < 4.78 is 52.0. The third kappa shape index (κ3) is 9.23. The number of pyridine rings is 1. The van der Waals surface area contributed by atoms with Gasteiger partial charge in [-0.05, 0) is 55.3 Å². The number of anilines is 1. The van der Waals surface area contributed by atoms with Crippen LogP contribution in [0.5, 0.6) is 5.75 Å². The second-order valence-electron chi connectivity index (χ2n) is 9.09. The molecule has 1 heterocycles. The number of rotatable bonds is 9. The Balaban J connectivity index is 2.10. The summed E-state index contributed by atoms with van der Waals surface area (Å²) in [6.07, 6.45) is -4.09. The van der Waals surface area contributed by atoms with Gasteiger partial charge in [-0.15, -0.1) is 0 Å². The van der Waals surface area contributed by atoms with E-state index in [4.69, 9.17) is 15.2 Å². The Morgan fingerprint density at radius 3 is 2.46 bits per heavy atom. The number of nitrogens with two attached hydrogens (primary N) is 1. The number of alkyl carbamates (subject to hydrolysis) is 1. The number of primary amides is 1. The second kappa shape index (κ2) is 12.3. The van der Waals surface area contributed by atoms with Crippen LogP contribution < -0.4 is 21.1 Å². The molecule has 0 aliphatic carbocycles. The van der Waals surface area contributed by atoms with Crippen molar-refractivity contribution in [2.24, 2.45) is 11.7 Å². The van der Waals surface area contributed by atoms with E-state index in [2.05, 4.69) is 31.5 Å². The normalized spacial score (nSPS) is 12.4. The van der Waals surface area contributed by atoms with Crippen LogP contribution in [0.25, 0.3) is 0 Å². The molecule has 4 N–H and O–H groups in total. The fourth-order valence-corrected chi connectivity index (χ4v) is 3.37. The maximum atomic E-state index is 13.6. The molecule has 1 atom stereocenters. The van der Waals surface area contributed by atoms with Crippen LogP contribution in [0.1, 0.15) is 55.6 Å². The van der Waals surface area contributed by atoms with E-state index in [1.165, 1.54) is 24.4 Å². The number of hydrogen-bond acceptors (Lipinski definition) is 6. The van der Waals surface area contributed by atoms with Gasteiger partial charge in [0.2, 0.25) is 5.91 Å². The van der Waals surface area contributed by atoms with Crippen molar-refractivity contribution in [1.29, 1.82) is 0 Å². The maximum Gasteiger partial charge on any atom is 0.419 e. The third-order valence-corrected chi connectivity index (χ3v) is 5.26. The molecular weight excluding hydrogens is 561 g/mol. The smallest absolute Gasteiger partial charge is 0.419 e. The molecular formula is C24H28BrF3N4O5. The van der Waals surface area contributed by atoms with Crippen LogP contribution in [0.15, 0.2) is 34.9 Å². The largest absolute Gasteiger partial charge is 0.493 e. The topological polar surface area (TPSA) is 133 Å². The van der Waals surface area contributed by atoms with Gasteiger partial charge < -0.3 is 25.8 Å². The number of carbonyl (C=O) groups excluding carboxylic acids is 3. The highest BCUT2D eigenvalue weighted by atomic mass is 79.9. The SMILES string of the molecule is CC(CCOc1c(CNC(=O)OC(C)(C)C)cccc1C(F)(F)F)C(=O)Nc1ncc(Br)cc1C(N)=O. The fraction of sp³-hybridized carbons (Fsp3) is 0.417. The highest BCUT2D eigenvalue weighted by Crippen LogP contribution is 2.38. The average Bonchev–Trinajstić information content (AvgIpc) is 2.77. The number of nitrogens with zero attached hydrogens (tertiary/aromatic N) is 1. The van der Waals surface area contributed by atoms with Gasteiger partial charge in [0, 0.05) is 28.7 Å². The van der Waals surface area contributed by atoms with Crippen molar-refractivity contribution in [3.05, 3.63) is 51.6 Å². The highest BCUT2D eigenvalue weighted by molar-refractivity contribution is 9.10. The molecule has 0 aliphatic heterocycles. The molecule has 0 saturated carbocycles. The molecule has 37 heavy (non-hydrogen) atoms. The van der Waals surface area contributed by atoms with Crippen LogP contribution in [0.4, 0.5) is 23.8 Å². The first-order chi connectivity index (χ1) is 17.1. The predicted molar refractivity (Wildman–Crippen MR) is 133 cm³/mol. The summed E-state index contributed by atoms with van der Waals surface area (Å²) in [4.78, 5) is 40.2. The van der Waals surface area contributed by atoms with E-state index in [0.29, 0.717) is 4.47 Å². The molecule has 202 valence electrons. The number of amides is 3. The number of aromatic nitrogens is 1. The Morgan fingerprint density at radius 2 is 1.86 bits per heavy atom. The van der Waals surface area contributed by atoms with E-state index in [9.17, 15) is 27.6 Å². The predicted octanol–water partition coefficient (Wildman–Crippen LogP) is 5.03. The van der Waals surface area contributed by atoms with Gasteiger partial charge in [-0.3, -0.25) is 9.59 Å². The summed E-state index contributed by atoms with van der Waals surface area (Å²) >= 11 is 3.16. The van der Waals surface area contributed by atoms with Gasteiger partial charge in [0.15, 0.2) is 0 Å². The number of alkyl halides is 3. The lowest BCUT2D eigenvalue weighted by Gasteiger charge is -2.21. The number of nitrogens with one attached hydrogen (secondary N) is 2. The molecule has 2 rings (SSSR count). The lowest BCUT2D eigenvalue weighted by Crippen LogP contribution is -2.32. The molecule has 1 aromatic carbocycles. The number of hydrogen-bond donors (Lipinski definition) is 3. The molecule has 0 saturated heterocycles. The summed E-state index contributed by atoms with van der Waals surface area (Å²) in [5, 5.41) is 4.91. The highest BCUT2D eigenvalue weighted by Gasteiger charge is 2.35. The molecule has 1 unspecified atom stereocenters. The van der Waals surface area contributed by atoms with Crippen LogP contribution in [0.3, 0.4) is 0 Å². The summed E-state index contributed by atoms with van der Waals surface area (Å²) in [5.74, 6) is -2.53. The van der Waals surface area contributed by atoms with E-state index in [0.717, 1.165) is 6.07 Å². The third-order valence-electron chi connectivity index (χ3n) is 4.83. The van der Waals surface area contributed by atoms with E-state index in [-0.39, 0.29) is 36.5 Å². The molecule has 13 heteroatoms. The Bertz CT molecular complexity index is 1150. The standard InChI is InChI=1S/C24H28BrF3N4O5/c1-13(21(34)32-20-16(19(29)33)10-15(25)12-30-20)8-9-36-18-14(6-5-7-17(18)24(26,27)28)11-31-22(35)37-23(2,3)4/h5-7,10,12-13H,8-9,11H2,1-4H3,(H2,29,33)(H,31,35)(H,30,32,34). The number of ether oxygens (including phenoxy) is 2. The number of halogens is 4. The number of carbonyl (C=O) groups is 3. The van der Waals surface area contributed by atoms with E-state index < -0.39 is 46.9 Å². The second-order valence-corrected chi connectivity index (χ2v) is 10.0. The van der Waals surface area contributed by atoms with Crippen LogP contribution in [0.2, 0.25) is 0 Å². The van der Waals surface area contributed by atoms with Crippen molar-refractivity contribution in [2.45, 2.75) is 52.4 Å². The Morgan fingerprint density at radius 1 is 1.19 bits per heavy atom. The first kappa shape index (κ1) is 29.9. The van der Waals surface area contributed by atoms with Crippen molar-refractivity contribution in [1.82, 2.24) is 10.3 Å². The summed E-state index contributed by atoms with van der Waals surface area (Å²) in [7, 11) is 0. The summed E-state index contributed by atoms with van der Waals surface area (Å²) in [6.45, 7) is 6.01.